The van der Waals surface area contributed by atoms with E-state index in [0.29, 0.717) is 5.82 Å². The Morgan fingerprint density at radius 2 is 1.95 bits per heavy atom. The van der Waals surface area contributed by atoms with Crippen molar-refractivity contribution in [2.24, 2.45) is 0 Å². The molecule has 3 rings (SSSR count). The maximum Gasteiger partial charge on any atom is 0.147 e. The van der Waals surface area contributed by atoms with Crippen LogP contribution in [0.25, 0.3) is 11.1 Å². The molecule has 2 aromatic heterocycles. The van der Waals surface area contributed by atoms with Crippen molar-refractivity contribution in [1.82, 2.24) is 9.36 Å². The minimum Gasteiger partial charge on any atom is -0.382 e. The van der Waals surface area contributed by atoms with Crippen molar-refractivity contribution in [3.8, 4) is 11.1 Å². The number of benzene rings is 1. The Bertz CT molecular complexity index is 695. The number of pyridine rings is 1. The largest absolute Gasteiger partial charge is 0.382 e. The molecule has 0 bridgehead atoms. The average molecular weight is 296 g/mol. The maximum atomic E-state index is 6.01. The van der Waals surface area contributed by atoms with Gasteiger partial charge >= 0.3 is 0 Å². The third kappa shape index (κ3) is 3.20. The minimum absolute atomic E-state index is 0.579. The van der Waals surface area contributed by atoms with Crippen molar-refractivity contribution in [3.63, 3.8) is 0 Å². The molecule has 4 nitrogen and oxygen atoms in total. The van der Waals surface area contributed by atoms with Crippen LogP contribution in [0.5, 0.6) is 0 Å². The van der Waals surface area contributed by atoms with Crippen molar-refractivity contribution < 1.29 is 0 Å². The van der Waals surface area contributed by atoms with Gasteiger partial charge in [-0.3, -0.25) is 4.98 Å². The van der Waals surface area contributed by atoms with E-state index >= 15 is 0 Å². The first kappa shape index (κ1) is 13.6. The topological polar surface area (TPSA) is 63.8 Å². The molecular formula is C16H16N4S. The lowest BCUT2D eigenvalue weighted by molar-refractivity contribution is 1.01. The Morgan fingerprint density at radius 1 is 1.10 bits per heavy atom. The van der Waals surface area contributed by atoms with E-state index in [-0.39, 0.29) is 0 Å². The number of nitrogen functional groups attached to an aromatic ring is 1. The molecule has 0 aliphatic carbocycles. The number of nitrogens with two attached hydrogens (primary N) is 1. The molecule has 0 saturated carbocycles. The Labute approximate surface area is 127 Å². The van der Waals surface area contributed by atoms with E-state index < -0.39 is 0 Å². The van der Waals surface area contributed by atoms with Crippen LogP contribution in [0.3, 0.4) is 0 Å². The van der Waals surface area contributed by atoms with E-state index in [1.54, 1.807) is 6.20 Å². The van der Waals surface area contributed by atoms with Crippen LogP contribution in [0.1, 0.15) is 5.56 Å². The summed E-state index contributed by atoms with van der Waals surface area (Å²) in [6.45, 7) is 0.827. The van der Waals surface area contributed by atoms with Crippen LogP contribution in [0.4, 0.5) is 10.8 Å². The average Bonchev–Trinajstić information content (AvgIpc) is 2.90. The molecule has 0 atom stereocenters. The van der Waals surface area contributed by atoms with Gasteiger partial charge in [0.1, 0.15) is 10.8 Å². The highest BCUT2D eigenvalue weighted by Crippen LogP contribution is 2.36. The lowest BCUT2D eigenvalue weighted by atomic mass is 10.1. The first-order chi connectivity index (χ1) is 10.3. The first-order valence-electron chi connectivity index (χ1n) is 6.78. The number of rotatable bonds is 5. The van der Waals surface area contributed by atoms with Gasteiger partial charge in [0, 0.05) is 18.9 Å². The Kier molecular flexibility index (Phi) is 4.12. The zero-order valence-electron chi connectivity index (χ0n) is 11.5. The Hall–Kier alpha value is -2.40. The van der Waals surface area contributed by atoms with Gasteiger partial charge in [0.15, 0.2) is 0 Å². The standard InChI is InChI=1S/C16H16N4S/c17-15-14(13-6-2-1-3-7-13)16(21-20-15)19-10-8-12-5-4-9-18-11-12/h1-7,9,11,19H,8,10H2,(H2,17,20). The molecule has 3 N–H and O–H groups in total. The fourth-order valence-corrected chi connectivity index (χ4v) is 2.93. The van der Waals surface area contributed by atoms with Gasteiger partial charge in [-0.05, 0) is 35.1 Å². The fourth-order valence-electron chi connectivity index (χ4n) is 2.17. The summed E-state index contributed by atoms with van der Waals surface area (Å²) in [4.78, 5) is 4.12. The second-order valence-electron chi connectivity index (χ2n) is 4.68. The van der Waals surface area contributed by atoms with Gasteiger partial charge in [0.25, 0.3) is 0 Å². The summed E-state index contributed by atoms with van der Waals surface area (Å²) in [7, 11) is 0. The predicted octanol–water partition coefficient (Wildman–Crippen LogP) is 3.44. The molecule has 0 amide bonds. The molecule has 0 fully saturated rings. The molecule has 1 aromatic carbocycles. The van der Waals surface area contributed by atoms with Gasteiger partial charge in [-0.1, -0.05) is 36.4 Å². The van der Waals surface area contributed by atoms with Crippen molar-refractivity contribution in [2.45, 2.75) is 6.42 Å². The minimum atomic E-state index is 0.579. The summed E-state index contributed by atoms with van der Waals surface area (Å²) < 4.78 is 4.26. The normalized spacial score (nSPS) is 10.5. The van der Waals surface area contributed by atoms with E-state index in [1.165, 1.54) is 17.1 Å². The van der Waals surface area contributed by atoms with E-state index in [1.807, 2.05) is 42.6 Å². The van der Waals surface area contributed by atoms with Crippen molar-refractivity contribution in [3.05, 3.63) is 60.4 Å². The van der Waals surface area contributed by atoms with Gasteiger partial charge in [0.2, 0.25) is 0 Å². The van der Waals surface area contributed by atoms with Crippen molar-refractivity contribution in [1.29, 1.82) is 0 Å². The lowest BCUT2D eigenvalue weighted by Crippen LogP contribution is -2.04. The number of nitrogens with one attached hydrogen (secondary N) is 1. The third-order valence-electron chi connectivity index (χ3n) is 3.20. The molecule has 0 aliphatic heterocycles. The van der Waals surface area contributed by atoms with E-state index in [0.717, 1.165) is 29.1 Å². The quantitative estimate of drug-likeness (QED) is 0.757. The molecule has 106 valence electrons. The first-order valence-corrected chi connectivity index (χ1v) is 7.55. The van der Waals surface area contributed by atoms with E-state index in [9.17, 15) is 0 Å². The highest BCUT2D eigenvalue weighted by Gasteiger charge is 2.12. The number of hydrogen-bond acceptors (Lipinski definition) is 5. The van der Waals surface area contributed by atoms with Gasteiger partial charge in [-0.2, -0.15) is 4.37 Å². The summed E-state index contributed by atoms with van der Waals surface area (Å²) in [5.74, 6) is 0.579. The van der Waals surface area contributed by atoms with Crippen LogP contribution < -0.4 is 11.1 Å². The lowest BCUT2D eigenvalue weighted by Gasteiger charge is -2.07. The molecular weight excluding hydrogens is 280 g/mol. The van der Waals surface area contributed by atoms with Crippen LogP contribution in [-0.4, -0.2) is 15.9 Å². The summed E-state index contributed by atoms with van der Waals surface area (Å²) in [5.41, 5.74) is 9.30. The predicted molar refractivity (Wildman–Crippen MR) is 88.4 cm³/mol. The number of aromatic nitrogens is 2. The Balaban J connectivity index is 1.72. The number of anilines is 2. The summed E-state index contributed by atoms with van der Waals surface area (Å²) in [6.07, 6.45) is 4.59. The van der Waals surface area contributed by atoms with Gasteiger partial charge < -0.3 is 11.1 Å². The summed E-state index contributed by atoms with van der Waals surface area (Å²) in [5, 5.41) is 4.45. The highest BCUT2D eigenvalue weighted by molar-refractivity contribution is 7.11. The number of nitrogens with zero attached hydrogens (tertiary/aromatic N) is 2. The third-order valence-corrected chi connectivity index (χ3v) is 4.02. The summed E-state index contributed by atoms with van der Waals surface area (Å²) >= 11 is 1.40. The number of hydrogen-bond donors (Lipinski definition) is 2. The maximum absolute atomic E-state index is 6.01. The highest BCUT2D eigenvalue weighted by atomic mass is 32.1. The van der Waals surface area contributed by atoms with Crippen LogP contribution in [0.15, 0.2) is 54.9 Å². The van der Waals surface area contributed by atoms with Gasteiger partial charge in [-0.25, -0.2) is 0 Å². The molecule has 0 spiro atoms. The van der Waals surface area contributed by atoms with E-state index in [2.05, 4.69) is 20.7 Å². The SMILES string of the molecule is Nc1nsc(NCCc2cccnc2)c1-c1ccccc1. The molecule has 2 heterocycles. The zero-order chi connectivity index (χ0) is 14.5. The molecule has 0 unspecified atom stereocenters. The molecule has 0 aliphatic rings. The second kappa shape index (κ2) is 6.37. The molecule has 5 heteroatoms. The van der Waals surface area contributed by atoms with Crippen LogP contribution in [0.2, 0.25) is 0 Å². The van der Waals surface area contributed by atoms with Crippen LogP contribution in [0, 0.1) is 0 Å². The molecule has 3 aromatic rings. The monoisotopic (exact) mass is 296 g/mol. The second-order valence-corrected chi connectivity index (χ2v) is 5.45. The van der Waals surface area contributed by atoms with Gasteiger partial charge in [-0.15, -0.1) is 0 Å². The molecule has 21 heavy (non-hydrogen) atoms. The van der Waals surface area contributed by atoms with Crippen molar-refractivity contribution in [2.75, 3.05) is 17.6 Å². The Morgan fingerprint density at radius 3 is 2.71 bits per heavy atom. The zero-order valence-corrected chi connectivity index (χ0v) is 12.3. The fraction of sp³-hybridized carbons (Fsp3) is 0.125. The van der Waals surface area contributed by atoms with E-state index in [4.69, 9.17) is 5.73 Å². The van der Waals surface area contributed by atoms with Crippen molar-refractivity contribution >= 4 is 22.4 Å². The summed E-state index contributed by atoms with van der Waals surface area (Å²) in [6, 6.07) is 14.1. The van der Waals surface area contributed by atoms with Gasteiger partial charge in [0.05, 0.1) is 5.56 Å². The molecule has 0 saturated heterocycles. The van der Waals surface area contributed by atoms with Crippen LogP contribution in [-0.2, 0) is 6.42 Å². The van der Waals surface area contributed by atoms with Crippen LogP contribution >= 0.6 is 11.5 Å². The molecule has 0 radical (unpaired) electrons. The smallest absolute Gasteiger partial charge is 0.147 e.